The number of hydrogen-bond donors (Lipinski definition) is 3. The van der Waals surface area contributed by atoms with Crippen molar-refractivity contribution in [3.63, 3.8) is 0 Å². The Balaban J connectivity index is 3.05. The molecular weight excluding hydrogens is 409 g/mol. The summed E-state index contributed by atoms with van der Waals surface area (Å²) in [5.74, 6) is -0.376. The van der Waals surface area contributed by atoms with Crippen LogP contribution in [0.3, 0.4) is 0 Å². The third-order valence-corrected chi connectivity index (χ3v) is 6.54. The van der Waals surface area contributed by atoms with Crippen molar-refractivity contribution >= 4 is 25.7 Å². The summed E-state index contributed by atoms with van der Waals surface area (Å²) >= 11 is 0. The Hall–Kier alpha value is -1.12. The molecule has 0 spiro atoms. The molecule has 1 rings (SSSR count). The van der Waals surface area contributed by atoms with Crippen molar-refractivity contribution in [3.05, 3.63) is 0 Å². The van der Waals surface area contributed by atoms with Gasteiger partial charge in [0.2, 0.25) is 5.91 Å². The number of carbonyl (C=O) groups excluding carboxylic acids is 3. The first-order valence-corrected chi connectivity index (χ1v) is 12.2. The maximum Gasteiger partial charge on any atom is 0.406 e. The van der Waals surface area contributed by atoms with E-state index in [1.807, 2.05) is 20.8 Å². The molecule has 1 aliphatic heterocycles. The highest BCUT2D eigenvalue weighted by atomic mass is 31.2. The van der Waals surface area contributed by atoms with Gasteiger partial charge in [-0.3, -0.25) is 18.6 Å². The fourth-order valence-electron chi connectivity index (χ4n) is 3.53. The van der Waals surface area contributed by atoms with Gasteiger partial charge in [-0.1, -0.05) is 20.8 Å². The number of aldehydes is 1. The summed E-state index contributed by atoms with van der Waals surface area (Å²) in [6, 6.07) is -1.31. The standard InChI is InChI=1S/C20H38N3O6P/c1-14(2)8-17-10-20(26)19(22-16(4)25)9-15(3)12-28-30(27,29-13-17)23-18(11-24)6-5-7-21/h11,14-15,17-19H,5-10,12-13,21H2,1-4H3,(H,22,25)(H,23,27). The molecule has 1 fully saturated rings. The number of ketones is 1. The highest BCUT2D eigenvalue weighted by Crippen LogP contribution is 2.46. The van der Waals surface area contributed by atoms with E-state index in [0.717, 1.165) is 0 Å². The highest BCUT2D eigenvalue weighted by Gasteiger charge is 2.34. The molecule has 1 saturated heterocycles. The average molecular weight is 448 g/mol. The van der Waals surface area contributed by atoms with Gasteiger partial charge in [0, 0.05) is 13.3 Å². The molecule has 174 valence electrons. The molecule has 0 radical (unpaired) electrons. The largest absolute Gasteiger partial charge is 0.406 e. The lowest BCUT2D eigenvalue weighted by Crippen LogP contribution is -2.42. The van der Waals surface area contributed by atoms with Crippen LogP contribution in [0.25, 0.3) is 0 Å². The lowest BCUT2D eigenvalue weighted by atomic mass is 9.89. The third kappa shape index (κ3) is 10.3. The average Bonchev–Trinajstić information content (AvgIpc) is 2.67. The number of Topliss-reactive ketones (excluding diaryl/α,β-unsaturated/α-hetero) is 1. The van der Waals surface area contributed by atoms with Crippen LogP contribution in [-0.2, 0) is 28.0 Å². The van der Waals surface area contributed by atoms with Gasteiger partial charge >= 0.3 is 7.75 Å². The van der Waals surface area contributed by atoms with Gasteiger partial charge in [-0.25, -0.2) is 9.65 Å². The first-order chi connectivity index (χ1) is 14.1. The summed E-state index contributed by atoms with van der Waals surface area (Å²) in [7, 11) is -3.77. The number of nitrogens with two attached hydrogens (primary N) is 1. The smallest absolute Gasteiger partial charge is 0.347 e. The van der Waals surface area contributed by atoms with E-state index in [0.29, 0.717) is 44.4 Å². The van der Waals surface area contributed by atoms with Gasteiger partial charge in [-0.15, -0.1) is 0 Å². The van der Waals surface area contributed by atoms with Crippen molar-refractivity contribution in [2.24, 2.45) is 23.5 Å². The minimum absolute atomic E-state index is 0.0534. The third-order valence-electron chi connectivity index (χ3n) is 4.92. The monoisotopic (exact) mass is 447 g/mol. The van der Waals surface area contributed by atoms with Crippen molar-refractivity contribution < 1.29 is 28.0 Å². The zero-order valence-electron chi connectivity index (χ0n) is 18.6. The van der Waals surface area contributed by atoms with E-state index in [9.17, 15) is 18.9 Å². The van der Waals surface area contributed by atoms with Crippen molar-refractivity contribution in [1.29, 1.82) is 0 Å². The van der Waals surface area contributed by atoms with Crippen LogP contribution < -0.4 is 16.1 Å². The highest BCUT2D eigenvalue weighted by molar-refractivity contribution is 7.51. The molecule has 0 saturated carbocycles. The lowest BCUT2D eigenvalue weighted by Gasteiger charge is -2.25. The number of nitrogens with one attached hydrogen (secondary N) is 2. The Morgan fingerprint density at radius 1 is 1.33 bits per heavy atom. The predicted octanol–water partition coefficient (Wildman–Crippen LogP) is 2.19. The fourth-order valence-corrected chi connectivity index (χ4v) is 5.21. The minimum atomic E-state index is -3.77. The SMILES string of the molecule is CC(=O)NC1CC(C)COP(=O)(NC(C=O)CCCN)OCC(CC(C)C)CC1=O. The maximum atomic E-state index is 13.3. The van der Waals surface area contributed by atoms with Gasteiger partial charge in [0.15, 0.2) is 5.78 Å². The maximum absolute atomic E-state index is 13.3. The Kier molecular flexibility index (Phi) is 12.0. The van der Waals surface area contributed by atoms with Crippen LogP contribution in [-0.4, -0.2) is 49.8 Å². The number of rotatable bonds is 9. The summed E-state index contributed by atoms with van der Waals surface area (Å²) in [6.07, 6.45) is 2.97. The van der Waals surface area contributed by atoms with E-state index in [1.54, 1.807) is 0 Å². The Morgan fingerprint density at radius 3 is 2.57 bits per heavy atom. The van der Waals surface area contributed by atoms with Crippen LogP contribution in [0.2, 0.25) is 0 Å². The first-order valence-electron chi connectivity index (χ1n) is 10.7. The second-order valence-electron chi connectivity index (χ2n) is 8.65. The normalized spacial score (nSPS) is 29.8. The van der Waals surface area contributed by atoms with Crippen LogP contribution >= 0.6 is 7.75 Å². The molecule has 0 aromatic rings. The van der Waals surface area contributed by atoms with Crippen LogP contribution in [0.15, 0.2) is 0 Å². The van der Waals surface area contributed by atoms with E-state index in [1.165, 1.54) is 6.92 Å². The second-order valence-corrected chi connectivity index (χ2v) is 10.4. The zero-order valence-corrected chi connectivity index (χ0v) is 19.5. The van der Waals surface area contributed by atoms with Gasteiger partial charge in [-0.2, -0.15) is 0 Å². The quantitative estimate of drug-likeness (QED) is 0.361. The summed E-state index contributed by atoms with van der Waals surface area (Å²) in [5.41, 5.74) is 5.50. The minimum Gasteiger partial charge on any atom is -0.347 e. The molecule has 5 atom stereocenters. The topological polar surface area (TPSA) is 137 Å². The fraction of sp³-hybridized carbons (Fsp3) is 0.850. The van der Waals surface area contributed by atoms with E-state index in [2.05, 4.69) is 10.4 Å². The Morgan fingerprint density at radius 2 is 2.00 bits per heavy atom. The lowest BCUT2D eigenvalue weighted by molar-refractivity contribution is -0.128. The molecule has 30 heavy (non-hydrogen) atoms. The molecule has 0 aromatic heterocycles. The van der Waals surface area contributed by atoms with Crippen LogP contribution in [0.5, 0.6) is 0 Å². The molecule has 9 nitrogen and oxygen atoms in total. The molecule has 4 N–H and O–H groups in total. The predicted molar refractivity (Wildman–Crippen MR) is 115 cm³/mol. The van der Waals surface area contributed by atoms with E-state index >= 15 is 0 Å². The number of carbonyl (C=O) groups is 3. The summed E-state index contributed by atoms with van der Waals surface area (Å²) < 4.78 is 24.7. The van der Waals surface area contributed by atoms with Crippen molar-refractivity contribution in [3.8, 4) is 0 Å². The van der Waals surface area contributed by atoms with Crippen molar-refractivity contribution in [1.82, 2.24) is 10.4 Å². The molecule has 0 aliphatic carbocycles. The van der Waals surface area contributed by atoms with Gasteiger partial charge in [0.05, 0.1) is 25.3 Å². The Bertz CT molecular complexity index is 615. The molecule has 10 heteroatoms. The van der Waals surface area contributed by atoms with Crippen molar-refractivity contribution in [2.75, 3.05) is 19.8 Å². The van der Waals surface area contributed by atoms with Gasteiger partial charge in [0.1, 0.15) is 6.29 Å². The molecule has 1 heterocycles. The molecule has 0 aromatic carbocycles. The summed E-state index contributed by atoms with van der Waals surface area (Å²) in [5, 5.41) is 5.46. The van der Waals surface area contributed by atoms with E-state index in [-0.39, 0.29) is 43.2 Å². The molecule has 1 aliphatic rings. The van der Waals surface area contributed by atoms with Gasteiger partial charge in [-0.05, 0) is 50.0 Å². The second kappa shape index (κ2) is 13.3. The first kappa shape index (κ1) is 26.9. The summed E-state index contributed by atoms with van der Waals surface area (Å²) in [4.78, 5) is 35.8. The summed E-state index contributed by atoms with van der Waals surface area (Å²) in [6.45, 7) is 7.83. The van der Waals surface area contributed by atoms with Crippen LogP contribution in [0.1, 0.15) is 59.8 Å². The van der Waals surface area contributed by atoms with E-state index < -0.39 is 19.8 Å². The number of amides is 1. The van der Waals surface area contributed by atoms with Crippen molar-refractivity contribution in [2.45, 2.75) is 71.9 Å². The molecule has 0 bridgehead atoms. The van der Waals surface area contributed by atoms with Crippen LogP contribution in [0, 0.1) is 17.8 Å². The van der Waals surface area contributed by atoms with Gasteiger partial charge in [0.25, 0.3) is 0 Å². The van der Waals surface area contributed by atoms with Gasteiger partial charge < -0.3 is 15.8 Å². The molecule has 5 unspecified atom stereocenters. The van der Waals surface area contributed by atoms with Crippen LogP contribution in [0.4, 0.5) is 0 Å². The Labute approximate surface area is 179 Å². The molecular formula is C20H38N3O6P. The van der Waals surface area contributed by atoms with E-state index in [4.69, 9.17) is 14.8 Å². The number of hydrogen-bond acceptors (Lipinski definition) is 7. The molecule has 1 amide bonds. The zero-order chi connectivity index (χ0) is 22.7.